The molecule has 59 heavy (non-hydrogen) atoms. The van der Waals surface area contributed by atoms with E-state index in [0.717, 1.165) is 59.2 Å². The molecule has 2 aliphatic heterocycles. The summed E-state index contributed by atoms with van der Waals surface area (Å²) in [6, 6.07) is 36.2. The van der Waals surface area contributed by atoms with Crippen LogP contribution in [0.4, 0.5) is 14.5 Å². The zero-order valence-electron chi connectivity index (χ0n) is 31.8. The summed E-state index contributed by atoms with van der Waals surface area (Å²) >= 11 is 0. The van der Waals surface area contributed by atoms with Crippen LogP contribution in [0.3, 0.4) is 0 Å². The molecule has 11 nitrogen and oxygen atoms in total. The van der Waals surface area contributed by atoms with Crippen LogP contribution in [-0.2, 0) is 9.59 Å². The van der Waals surface area contributed by atoms with Crippen LogP contribution < -0.4 is 16.2 Å². The largest absolute Gasteiger partial charge is 0.488 e. The quantitative estimate of drug-likeness (QED) is 0.122. The number of nitrogens with zero attached hydrogens (tertiary/aromatic N) is 3. The van der Waals surface area contributed by atoms with Crippen LogP contribution in [0.1, 0.15) is 38.2 Å². The molecule has 6 N–H and O–H groups in total. The predicted molar refractivity (Wildman–Crippen MR) is 229 cm³/mol. The maximum Gasteiger partial charge on any atom is 0.488 e. The number of fused-ring (bicyclic) bond motifs is 1. The van der Waals surface area contributed by atoms with Gasteiger partial charge in [0.15, 0.2) is 0 Å². The van der Waals surface area contributed by atoms with Crippen LogP contribution in [0.15, 0.2) is 127 Å². The van der Waals surface area contributed by atoms with E-state index in [1.165, 1.54) is 30.3 Å². The number of piperidine rings is 1. The van der Waals surface area contributed by atoms with Gasteiger partial charge in [-0.3, -0.25) is 19.6 Å². The highest BCUT2D eigenvalue weighted by Gasteiger charge is 2.31. The summed E-state index contributed by atoms with van der Waals surface area (Å²) in [6.45, 7) is 2.98. The first-order valence-corrected chi connectivity index (χ1v) is 19.2. The molecule has 6 aromatic rings. The lowest BCUT2D eigenvalue weighted by Crippen LogP contribution is -2.43. The van der Waals surface area contributed by atoms with Gasteiger partial charge in [-0.15, -0.1) is 0 Å². The molecule has 3 heterocycles. The smallest absolute Gasteiger partial charge is 0.423 e. The molecule has 0 saturated carbocycles. The molecule has 5 aromatic carbocycles. The highest BCUT2D eigenvalue weighted by molar-refractivity contribution is 6.58. The number of carbonyl (C=O) groups excluding carboxylic acids is 2. The number of anilines is 1. The van der Waals surface area contributed by atoms with E-state index in [1.807, 2.05) is 65.6 Å². The Labute approximate surface area is 343 Å². The van der Waals surface area contributed by atoms with Crippen LogP contribution >= 0.6 is 0 Å². The molecule has 0 unspecified atom stereocenters. The Morgan fingerprint density at radius 2 is 1.37 bits per heavy atom. The van der Waals surface area contributed by atoms with Crippen LogP contribution in [0.2, 0.25) is 0 Å². The van der Waals surface area contributed by atoms with Gasteiger partial charge in [-0.05, 0) is 90.7 Å². The number of rotatable bonds is 8. The Morgan fingerprint density at radius 3 is 2.00 bits per heavy atom. The minimum Gasteiger partial charge on any atom is -0.423 e. The number of hydrogen-bond acceptors (Lipinski definition) is 8. The molecule has 2 aliphatic rings. The highest BCUT2D eigenvalue weighted by atomic mass is 19.1. The maximum atomic E-state index is 13.6. The molecular weight excluding hydrogens is 754 g/mol. The van der Waals surface area contributed by atoms with Crippen LogP contribution in [-0.4, -0.2) is 98.9 Å². The number of nitrogens with one attached hydrogen (secondary N) is 2. The summed E-state index contributed by atoms with van der Waals surface area (Å²) in [6.07, 6.45) is 2.41. The third-order valence-electron chi connectivity index (χ3n) is 10.3. The average molecular weight is 804 g/mol. The normalized spacial score (nSPS) is 15.2. The number of hydrogen-bond donors (Lipinski definition) is 6. The van der Waals surface area contributed by atoms with Crippen molar-refractivity contribution in [1.82, 2.24) is 20.0 Å². The third-order valence-corrected chi connectivity index (χ3v) is 10.3. The molecule has 1 atom stereocenters. The molecule has 8 rings (SSSR count). The second kappa shape index (κ2) is 21.3. The van der Waals surface area contributed by atoms with Gasteiger partial charge in [0.2, 0.25) is 11.8 Å². The average Bonchev–Trinajstić information content (AvgIpc) is 3.90. The molecule has 15 heteroatoms. The van der Waals surface area contributed by atoms with E-state index in [2.05, 4.69) is 20.4 Å². The highest BCUT2D eigenvalue weighted by Crippen LogP contribution is 2.30. The summed E-state index contributed by atoms with van der Waals surface area (Å²) in [5, 5.41) is 45.8. The van der Waals surface area contributed by atoms with Crippen molar-refractivity contribution in [1.29, 1.82) is 0 Å². The second-order valence-corrected chi connectivity index (χ2v) is 14.3. The molecule has 0 radical (unpaired) electrons. The van der Waals surface area contributed by atoms with Gasteiger partial charge < -0.3 is 30.3 Å². The Bertz CT molecular complexity index is 2240. The maximum absolute atomic E-state index is 13.6. The summed E-state index contributed by atoms with van der Waals surface area (Å²) < 4.78 is 25.8. The zero-order chi connectivity index (χ0) is 41.0. The monoisotopic (exact) mass is 803 g/mol. The molecule has 2 amide bonds. The Morgan fingerprint density at radius 1 is 0.729 bits per heavy atom. The molecule has 1 aromatic heterocycles. The van der Waals surface area contributed by atoms with Crippen molar-refractivity contribution in [3.63, 3.8) is 0 Å². The first-order chi connectivity index (χ1) is 28.0. The van der Waals surface area contributed by atoms with Crippen molar-refractivity contribution in [2.75, 3.05) is 38.0 Å². The summed E-state index contributed by atoms with van der Waals surface area (Å²) in [7, 11) is -2.85. The van der Waals surface area contributed by atoms with E-state index in [-0.39, 0.29) is 42.7 Å². The van der Waals surface area contributed by atoms with Gasteiger partial charge in [-0.25, -0.2) is 8.78 Å². The number of carbonyl (C=O) groups is 2. The lowest BCUT2D eigenvalue weighted by atomic mass is 9.80. The molecule has 0 spiro atoms. The Kier molecular flexibility index (Phi) is 16.1. The van der Waals surface area contributed by atoms with E-state index >= 15 is 0 Å². The number of aromatic amines is 1. The minimum atomic E-state index is -1.51. The Balaban J connectivity index is 0.000000271. The SMILES string of the molecule is C.O=C(Nc1ccc2[nH]nc(-c3ccccc3)c2c1)[C@@H]1CCN(CC(=O)N2CCC(c3cccc(F)c3)CC2)C1.OB(O)c1ccc(F)cc1.OB(O)c1ccccc1. The van der Waals surface area contributed by atoms with Gasteiger partial charge in [0.05, 0.1) is 23.7 Å². The van der Waals surface area contributed by atoms with Crippen LogP contribution in [0, 0.1) is 17.6 Å². The number of H-pyrrole nitrogens is 1. The molecule has 306 valence electrons. The standard InChI is InChI=1S/C31H32FN5O2.C6H6BFO2.C6H7BO2.CH4/c32-25-8-4-7-23(17-25)21-12-15-37(16-13-21)29(38)20-36-14-11-24(19-36)31(39)33-26-9-10-28-27(18-26)30(35-34-28)22-5-2-1-3-6-22;8-6-3-1-5(2-4-6)7(9)10;8-7(9)6-4-2-1-3-5-6;/h1-10,17-18,21,24H,11-16,19-20H2,(H,33,39)(H,34,35);1-4,9-10H;1-5,8-9H;1H4/t24-;;;/m1.../s1. The fourth-order valence-corrected chi connectivity index (χ4v) is 7.12. The van der Waals surface area contributed by atoms with Gasteiger partial charge in [0, 0.05) is 36.3 Å². The Hall–Kier alpha value is -5.70. The molecule has 0 bridgehead atoms. The molecule has 2 saturated heterocycles. The van der Waals surface area contributed by atoms with Crippen molar-refractivity contribution in [3.8, 4) is 11.3 Å². The van der Waals surface area contributed by atoms with Crippen LogP contribution in [0.5, 0.6) is 0 Å². The third kappa shape index (κ3) is 12.4. The van der Waals surface area contributed by atoms with Gasteiger partial charge >= 0.3 is 14.2 Å². The van der Waals surface area contributed by atoms with E-state index in [9.17, 15) is 18.4 Å². The lowest BCUT2D eigenvalue weighted by molar-refractivity contribution is -0.133. The molecule has 0 aliphatic carbocycles. The van der Waals surface area contributed by atoms with Crippen molar-refractivity contribution in [2.24, 2.45) is 5.92 Å². The number of amides is 2. The van der Waals surface area contributed by atoms with Gasteiger partial charge in [0.1, 0.15) is 11.6 Å². The lowest BCUT2D eigenvalue weighted by Gasteiger charge is -2.33. The summed E-state index contributed by atoms with van der Waals surface area (Å²) in [5.41, 5.74) is 5.35. The van der Waals surface area contributed by atoms with E-state index in [0.29, 0.717) is 37.1 Å². The summed E-state index contributed by atoms with van der Waals surface area (Å²) in [4.78, 5) is 30.1. The topological polar surface area (TPSA) is 162 Å². The second-order valence-electron chi connectivity index (χ2n) is 14.3. The number of benzene rings is 5. The predicted octanol–water partition coefficient (Wildman–Crippen LogP) is 4.54. The first kappa shape index (κ1) is 44.4. The van der Waals surface area contributed by atoms with E-state index < -0.39 is 14.2 Å². The fraction of sp³-hybridized carbons (Fsp3) is 0.250. The zero-order valence-corrected chi connectivity index (χ0v) is 31.8. The summed E-state index contributed by atoms with van der Waals surface area (Å²) in [5.74, 6) is -0.389. The van der Waals surface area contributed by atoms with Crippen molar-refractivity contribution in [3.05, 3.63) is 145 Å². The van der Waals surface area contributed by atoms with Crippen molar-refractivity contribution in [2.45, 2.75) is 32.6 Å². The number of aromatic nitrogens is 2. The van der Waals surface area contributed by atoms with E-state index in [4.69, 9.17) is 20.1 Å². The number of halogens is 2. The van der Waals surface area contributed by atoms with Crippen LogP contribution in [0.25, 0.3) is 22.2 Å². The number of likely N-dealkylation sites (tertiary alicyclic amines) is 2. The molecular formula is C44H49B2F2N5O6. The van der Waals surface area contributed by atoms with Gasteiger partial charge in [0.25, 0.3) is 0 Å². The van der Waals surface area contributed by atoms with Crippen molar-refractivity contribution < 1.29 is 38.5 Å². The van der Waals surface area contributed by atoms with E-state index in [1.54, 1.807) is 36.4 Å². The van der Waals surface area contributed by atoms with Gasteiger partial charge in [-0.2, -0.15) is 5.10 Å². The minimum absolute atomic E-state index is 0. The molecule has 2 fully saturated rings. The van der Waals surface area contributed by atoms with Gasteiger partial charge in [-0.1, -0.05) is 92.4 Å². The van der Waals surface area contributed by atoms with Crippen molar-refractivity contribution >= 4 is 53.6 Å². The fourth-order valence-electron chi connectivity index (χ4n) is 7.12. The first-order valence-electron chi connectivity index (χ1n) is 19.2.